The summed E-state index contributed by atoms with van der Waals surface area (Å²) in [6.45, 7) is 7.20. The van der Waals surface area contributed by atoms with Crippen molar-refractivity contribution < 1.29 is 9.90 Å². The first-order valence-corrected chi connectivity index (χ1v) is 8.60. The Morgan fingerprint density at radius 3 is 2.78 bits per heavy atom. The lowest BCUT2D eigenvalue weighted by Crippen LogP contribution is -2.46. The molecule has 0 radical (unpaired) electrons. The van der Waals surface area contributed by atoms with Gasteiger partial charge in [-0.15, -0.1) is 0 Å². The van der Waals surface area contributed by atoms with Gasteiger partial charge in [-0.1, -0.05) is 31.2 Å². The zero-order chi connectivity index (χ0) is 16.7. The first-order valence-electron chi connectivity index (χ1n) is 8.60. The number of hydrogen-bond donors (Lipinski definition) is 3. The molecule has 0 spiro atoms. The summed E-state index contributed by atoms with van der Waals surface area (Å²) in [6.07, 6.45) is 2.06. The van der Waals surface area contributed by atoms with E-state index in [1.165, 1.54) is 11.1 Å². The standard InChI is InChI=1S/C18H29N3O2/c1-3-17(22)8-10-19-18(23)20-12-14(2)21-11-9-15-6-4-5-7-16(15)13-21/h4-7,14,17,22H,3,8-13H2,1-2H3,(H2,19,20,23). The Balaban J connectivity index is 1.69. The molecule has 0 fully saturated rings. The van der Waals surface area contributed by atoms with Gasteiger partial charge in [0.25, 0.3) is 0 Å². The molecule has 0 bridgehead atoms. The maximum Gasteiger partial charge on any atom is 0.314 e. The molecule has 23 heavy (non-hydrogen) atoms. The molecule has 2 atom stereocenters. The van der Waals surface area contributed by atoms with Crippen LogP contribution in [0.4, 0.5) is 4.79 Å². The van der Waals surface area contributed by atoms with Gasteiger partial charge >= 0.3 is 6.03 Å². The molecule has 0 saturated carbocycles. The van der Waals surface area contributed by atoms with E-state index >= 15 is 0 Å². The van der Waals surface area contributed by atoms with Gasteiger partial charge in [-0.05, 0) is 37.3 Å². The SMILES string of the molecule is CCC(O)CCNC(=O)NCC(C)N1CCc2ccccc2C1. The molecule has 2 rings (SSSR count). The van der Waals surface area contributed by atoms with E-state index < -0.39 is 0 Å². The predicted octanol–water partition coefficient (Wildman–Crippen LogP) is 1.89. The van der Waals surface area contributed by atoms with E-state index in [1.807, 2.05) is 6.92 Å². The molecule has 5 heteroatoms. The molecule has 5 nitrogen and oxygen atoms in total. The fourth-order valence-corrected chi connectivity index (χ4v) is 2.88. The van der Waals surface area contributed by atoms with Gasteiger partial charge in [-0.3, -0.25) is 4.90 Å². The van der Waals surface area contributed by atoms with Crippen molar-refractivity contribution in [3.63, 3.8) is 0 Å². The number of aliphatic hydroxyl groups excluding tert-OH is 1. The van der Waals surface area contributed by atoms with Gasteiger partial charge in [-0.25, -0.2) is 4.79 Å². The van der Waals surface area contributed by atoms with Gasteiger partial charge in [0.15, 0.2) is 0 Å². The molecule has 2 amide bonds. The number of urea groups is 1. The van der Waals surface area contributed by atoms with Crippen LogP contribution >= 0.6 is 0 Å². The lowest BCUT2D eigenvalue weighted by molar-refractivity contribution is 0.159. The second-order valence-corrected chi connectivity index (χ2v) is 6.33. The number of carbonyl (C=O) groups is 1. The van der Waals surface area contributed by atoms with Gasteiger partial charge in [0.1, 0.15) is 0 Å². The molecule has 1 aliphatic rings. The second-order valence-electron chi connectivity index (χ2n) is 6.33. The van der Waals surface area contributed by atoms with Crippen molar-refractivity contribution in [3.8, 4) is 0 Å². The average molecular weight is 319 g/mol. The van der Waals surface area contributed by atoms with E-state index in [2.05, 4.69) is 46.7 Å². The summed E-state index contributed by atoms with van der Waals surface area (Å²) in [6, 6.07) is 8.72. The van der Waals surface area contributed by atoms with E-state index in [0.29, 0.717) is 25.6 Å². The van der Waals surface area contributed by atoms with Crippen LogP contribution in [-0.2, 0) is 13.0 Å². The Morgan fingerprint density at radius 1 is 1.30 bits per heavy atom. The normalized spacial score (nSPS) is 17.2. The molecule has 0 aromatic heterocycles. The third-order valence-electron chi connectivity index (χ3n) is 4.58. The number of hydrogen-bond acceptors (Lipinski definition) is 3. The fraction of sp³-hybridized carbons (Fsp3) is 0.611. The maximum atomic E-state index is 11.8. The Kier molecular flexibility index (Phi) is 6.86. The number of rotatable bonds is 7. The fourth-order valence-electron chi connectivity index (χ4n) is 2.88. The Labute approximate surface area is 139 Å². The van der Waals surface area contributed by atoms with E-state index in [0.717, 1.165) is 25.9 Å². The largest absolute Gasteiger partial charge is 0.393 e. The molecule has 3 N–H and O–H groups in total. The first kappa shape index (κ1) is 17.8. The smallest absolute Gasteiger partial charge is 0.314 e. The lowest BCUT2D eigenvalue weighted by Gasteiger charge is -2.33. The summed E-state index contributed by atoms with van der Waals surface area (Å²) in [7, 11) is 0. The van der Waals surface area contributed by atoms with Crippen LogP contribution in [0.3, 0.4) is 0 Å². The minimum absolute atomic E-state index is 0.155. The van der Waals surface area contributed by atoms with Gasteiger partial charge in [0.05, 0.1) is 6.10 Å². The molecule has 1 aliphatic heterocycles. The predicted molar refractivity (Wildman–Crippen MR) is 92.3 cm³/mol. The van der Waals surface area contributed by atoms with Gasteiger partial charge in [0, 0.05) is 32.2 Å². The number of nitrogens with zero attached hydrogens (tertiary/aromatic N) is 1. The Bertz CT molecular complexity index is 507. The van der Waals surface area contributed by atoms with Crippen LogP contribution in [0, 0.1) is 0 Å². The third kappa shape index (κ3) is 5.52. The molecule has 128 valence electrons. The summed E-state index contributed by atoms with van der Waals surface area (Å²) in [4.78, 5) is 14.2. The minimum Gasteiger partial charge on any atom is -0.393 e. The highest BCUT2D eigenvalue weighted by atomic mass is 16.3. The third-order valence-corrected chi connectivity index (χ3v) is 4.58. The summed E-state index contributed by atoms with van der Waals surface area (Å²) in [5, 5.41) is 15.2. The molecule has 0 aliphatic carbocycles. The number of aliphatic hydroxyl groups is 1. The molecular weight excluding hydrogens is 290 g/mol. The summed E-state index contributed by atoms with van der Waals surface area (Å²) < 4.78 is 0. The summed E-state index contributed by atoms with van der Waals surface area (Å²) in [5.74, 6) is 0. The molecule has 1 aromatic rings. The highest BCUT2D eigenvalue weighted by Gasteiger charge is 2.20. The van der Waals surface area contributed by atoms with Crippen molar-refractivity contribution in [2.24, 2.45) is 0 Å². The van der Waals surface area contributed by atoms with Crippen molar-refractivity contribution in [1.29, 1.82) is 0 Å². The number of nitrogens with one attached hydrogen (secondary N) is 2. The molecular formula is C18H29N3O2. The number of amides is 2. The maximum absolute atomic E-state index is 11.8. The highest BCUT2D eigenvalue weighted by molar-refractivity contribution is 5.73. The monoisotopic (exact) mass is 319 g/mol. The van der Waals surface area contributed by atoms with Crippen LogP contribution in [0.25, 0.3) is 0 Å². The van der Waals surface area contributed by atoms with Crippen LogP contribution in [0.2, 0.25) is 0 Å². The van der Waals surface area contributed by atoms with Crippen LogP contribution in [0.5, 0.6) is 0 Å². The van der Waals surface area contributed by atoms with Crippen molar-refractivity contribution in [1.82, 2.24) is 15.5 Å². The second kappa shape index (κ2) is 8.89. The van der Waals surface area contributed by atoms with Gasteiger partial charge < -0.3 is 15.7 Å². The van der Waals surface area contributed by atoms with Crippen LogP contribution in [-0.4, -0.2) is 47.8 Å². The van der Waals surface area contributed by atoms with Crippen LogP contribution in [0.1, 0.15) is 37.8 Å². The molecule has 2 unspecified atom stereocenters. The number of benzene rings is 1. The summed E-state index contributed by atoms with van der Waals surface area (Å²) >= 11 is 0. The van der Waals surface area contributed by atoms with Gasteiger partial charge in [-0.2, -0.15) is 0 Å². The van der Waals surface area contributed by atoms with Gasteiger partial charge in [0.2, 0.25) is 0 Å². The molecule has 1 heterocycles. The van der Waals surface area contributed by atoms with E-state index in [4.69, 9.17) is 0 Å². The van der Waals surface area contributed by atoms with E-state index in [9.17, 15) is 9.90 Å². The number of carbonyl (C=O) groups excluding carboxylic acids is 1. The minimum atomic E-state index is -0.331. The molecule has 0 saturated heterocycles. The zero-order valence-corrected chi connectivity index (χ0v) is 14.2. The van der Waals surface area contributed by atoms with E-state index in [1.54, 1.807) is 0 Å². The zero-order valence-electron chi connectivity index (χ0n) is 14.2. The van der Waals surface area contributed by atoms with E-state index in [-0.39, 0.29) is 12.1 Å². The van der Waals surface area contributed by atoms with Crippen LogP contribution < -0.4 is 10.6 Å². The van der Waals surface area contributed by atoms with Crippen molar-refractivity contribution in [2.75, 3.05) is 19.6 Å². The summed E-state index contributed by atoms with van der Waals surface area (Å²) in [5.41, 5.74) is 2.83. The number of fused-ring (bicyclic) bond motifs is 1. The molecule has 1 aromatic carbocycles. The first-order chi connectivity index (χ1) is 11.1. The van der Waals surface area contributed by atoms with Crippen LogP contribution in [0.15, 0.2) is 24.3 Å². The van der Waals surface area contributed by atoms with Crippen molar-refractivity contribution in [2.45, 2.75) is 51.8 Å². The quantitative estimate of drug-likeness (QED) is 0.719. The topological polar surface area (TPSA) is 64.6 Å². The average Bonchev–Trinajstić information content (AvgIpc) is 2.59. The van der Waals surface area contributed by atoms with Crippen molar-refractivity contribution >= 4 is 6.03 Å². The lowest BCUT2D eigenvalue weighted by atomic mass is 9.99. The Morgan fingerprint density at radius 2 is 2.04 bits per heavy atom. The highest BCUT2D eigenvalue weighted by Crippen LogP contribution is 2.19. The Hall–Kier alpha value is -1.59. The van der Waals surface area contributed by atoms with Crippen molar-refractivity contribution in [3.05, 3.63) is 35.4 Å².